The fourth-order valence-corrected chi connectivity index (χ4v) is 3.34. The van der Waals surface area contributed by atoms with E-state index in [1.54, 1.807) is 33.9 Å². The van der Waals surface area contributed by atoms with Crippen LogP contribution in [0.25, 0.3) is 21.3 Å². The molecule has 0 aliphatic carbocycles. The molecule has 12 nitrogen and oxygen atoms in total. The fourth-order valence-electron chi connectivity index (χ4n) is 3.34. The van der Waals surface area contributed by atoms with Gasteiger partial charge in [0, 0.05) is 24.4 Å². The number of aromatic nitrogens is 8. The molecule has 0 aliphatic heterocycles. The van der Waals surface area contributed by atoms with Crippen LogP contribution in [0.1, 0.15) is 39.1 Å². The second kappa shape index (κ2) is 9.03. The van der Waals surface area contributed by atoms with Gasteiger partial charge in [-0.15, -0.1) is 0 Å². The Balaban J connectivity index is 0.00000342. The molecule has 0 amide bonds. The van der Waals surface area contributed by atoms with E-state index in [9.17, 15) is 5.26 Å². The number of nitrogens with zero attached hydrogens (tertiary/aromatic N) is 12. The molecule has 174 valence electrons. The summed E-state index contributed by atoms with van der Waals surface area (Å²) in [5.41, 5.74) is -1.22. The van der Waals surface area contributed by atoms with E-state index >= 15 is 0 Å². The van der Waals surface area contributed by atoms with Crippen LogP contribution in [-0.4, -0.2) is 38.7 Å². The molecule has 0 spiro atoms. The van der Waals surface area contributed by atoms with E-state index in [4.69, 9.17) is 18.4 Å². The standard InChI is InChI=1S/C22H16N12.Pt/c1-21(2,33-9-7-17(29-33)31-13-27-15(11-23)16(31)12-24)22(3,4)34-10-8-18(30-34)32-14-28-19(25-5)20(32)26-6;/h7-10H,1-4H3;/q-2;+2. The molecule has 4 aromatic heterocycles. The number of imidazole rings is 2. The number of hydrogen-bond donors (Lipinski definition) is 0. The molecule has 4 aromatic rings. The van der Waals surface area contributed by atoms with Gasteiger partial charge in [0.1, 0.15) is 0 Å². The summed E-state index contributed by atoms with van der Waals surface area (Å²) in [6, 6.07) is 7.27. The van der Waals surface area contributed by atoms with E-state index < -0.39 is 11.1 Å². The monoisotopic (exact) mass is 643 g/mol. The first-order chi connectivity index (χ1) is 16.2. The zero-order valence-corrected chi connectivity index (χ0v) is 21.3. The van der Waals surface area contributed by atoms with E-state index in [-0.39, 0.29) is 44.1 Å². The predicted molar refractivity (Wildman–Crippen MR) is 117 cm³/mol. The molecule has 0 aromatic carbocycles. The minimum absolute atomic E-state index is 0. The van der Waals surface area contributed by atoms with Gasteiger partial charge in [-0.1, -0.05) is 18.1 Å². The van der Waals surface area contributed by atoms with Crippen LogP contribution in [0.4, 0.5) is 11.6 Å². The summed E-state index contributed by atoms with van der Waals surface area (Å²) in [4.78, 5) is 14.3. The molecule has 0 saturated carbocycles. The number of hydrogen-bond acceptors (Lipinski definition) is 6. The van der Waals surface area contributed by atoms with Crippen LogP contribution in [0.2, 0.25) is 0 Å². The molecule has 4 rings (SSSR count). The van der Waals surface area contributed by atoms with Crippen molar-refractivity contribution in [1.29, 1.82) is 10.5 Å². The van der Waals surface area contributed by atoms with E-state index in [0.717, 1.165) is 0 Å². The van der Waals surface area contributed by atoms with Crippen LogP contribution in [0.5, 0.6) is 0 Å². The maximum atomic E-state index is 9.40. The van der Waals surface area contributed by atoms with Gasteiger partial charge in [-0.05, 0) is 39.8 Å². The molecule has 0 bridgehead atoms. The van der Waals surface area contributed by atoms with Crippen molar-refractivity contribution in [1.82, 2.24) is 38.7 Å². The SMILES string of the molecule is [C-]#[N+]c1n[c-]n(-c2ccn(C(C)(C)C(C)(C)n3ccc(-n4[c-]nc(C#N)c4C#N)n3)n2)c1[N+]#[C-].[Pt+2]. The molecule has 0 N–H and O–H groups in total. The average Bonchev–Trinajstić information content (AvgIpc) is 3.61. The van der Waals surface area contributed by atoms with Crippen molar-refractivity contribution in [3.05, 3.63) is 71.4 Å². The van der Waals surface area contributed by atoms with Crippen molar-refractivity contribution in [2.75, 3.05) is 0 Å². The van der Waals surface area contributed by atoms with Gasteiger partial charge in [0.15, 0.2) is 5.82 Å². The maximum Gasteiger partial charge on any atom is 2.00 e. The molecular formula is C22H16N12Pt. The fraction of sp³-hybridized carbons (Fsp3) is 0.273. The van der Waals surface area contributed by atoms with Crippen molar-refractivity contribution in [2.24, 2.45) is 0 Å². The van der Waals surface area contributed by atoms with Crippen LogP contribution >= 0.6 is 0 Å². The Labute approximate surface area is 215 Å². The maximum absolute atomic E-state index is 9.40. The third-order valence-corrected chi connectivity index (χ3v) is 6.05. The zero-order valence-electron chi connectivity index (χ0n) is 19.0. The zero-order chi connectivity index (χ0) is 24.7. The molecular weight excluding hydrogens is 627 g/mol. The quantitative estimate of drug-likeness (QED) is 0.308. The molecule has 0 saturated heterocycles. The van der Waals surface area contributed by atoms with Gasteiger partial charge in [0.2, 0.25) is 0 Å². The third-order valence-electron chi connectivity index (χ3n) is 6.05. The molecule has 13 heteroatoms. The van der Waals surface area contributed by atoms with Gasteiger partial charge in [-0.2, -0.15) is 5.10 Å². The third kappa shape index (κ3) is 3.81. The molecule has 0 radical (unpaired) electrons. The van der Waals surface area contributed by atoms with E-state index in [1.165, 1.54) is 9.13 Å². The first-order valence-electron chi connectivity index (χ1n) is 9.88. The first kappa shape index (κ1) is 25.1. The van der Waals surface area contributed by atoms with Crippen molar-refractivity contribution in [2.45, 2.75) is 38.8 Å². The van der Waals surface area contributed by atoms with Gasteiger partial charge >= 0.3 is 26.9 Å². The van der Waals surface area contributed by atoms with Crippen molar-refractivity contribution < 1.29 is 21.1 Å². The molecule has 4 heterocycles. The van der Waals surface area contributed by atoms with Crippen molar-refractivity contribution >= 4 is 11.6 Å². The Morgan fingerprint density at radius 1 is 0.857 bits per heavy atom. The van der Waals surface area contributed by atoms with E-state index in [2.05, 4.69) is 42.5 Å². The van der Waals surface area contributed by atoms with Crippen molar-refractivity contribution in [3.8, 4) is 23.8 Å². The predicted octanol–water partition coefficient (Wildman–Crippen LogP) is 3.06. The molecule has 35 heavy (non-hydrogen) atoms. The smallest absolute Gasteiger partial charge is 0.401 e. The Hall–Kier alpha value is -4.51. The van der Waals surface area contributed by atoms with Gasteiger partial charge in [0.25, 0.3) is 12.1 Å². The second-order valence-electron chi connectivity index (χ2n) is 8.24. The van der Waals surface area contributed by atoms with Gasteiger partial charge in [0.05, 0.1) is 34.7 Å². The Morgan fingerprint density at radius 3 is 1.89 bits per heavy atom. The molecule has 0 atom stereocenters. The minimum Gasteiger partial charge on any atom is -0.401 e. The Morgan fingerprint density at radius 2 is 1.40 bits per heavy atom. The van der Waals surface area contributed by atoms with Crippen LogP contribution in [0, 0.1) is 48.5 Å². The molecule has 0 unspecified atom stereocenters. The van der Waals surface area contributed by atoms with Gasteiger partial charge in [-0.3, -0.25) is 13.9 Å². The Kier molecular flexibility index (Phi) is 6.48. The summed E-state index contributed by atoms with van der Waals surface area (Å²) in [6.07, 6.45) is 8.83. The average molecular weight is 644 g/mol. The summed E-state index contributed by atoms with van der Waals surface area (Å²) in [5, 5.41) is 27.8. The van der Waals surface area contributed by atoms with Crippen LogP contribution in [0.15, 0.2) is 24.5 Å². The topological polar surface area (TPSA) is 128 Å². The second-order valence-corrected chi connectivity index (χ2v) is 8.24. The van der Waals surface area contributed by atoms with Crippen LogP contribution < -0.4 is 0 Å². The molecule has 0 aliphatic rings. The molecule has 0 fully saturated rings. The first-order valence-corrected chi connectivity index (χ1v) is 9.88. The summed E-state index contributed by atoms with van der Waals surface area (Å²) in [6.45, 7) is 22.5. The van der Waals surface area contributed by atoms with E-state index in [0.29, 0.717) is 11.6 Å². The van der Waals surface area contributed by atoms with Crippen LogP contribution in [-0.2, 0) is 32.1 Å². The van der Waals surface area contributed by atoms with Gasteiger partial charge < -0.3 is 19.2 Å². The largest absolute Gasteiger partial charge is 2.00 e. The number of rotatable bonds is 5. The van der Waals surface area contributed by atoms with Gasteiger partial charge in [-0.25, -0.2) is 15.6 Å². The van der Waals surface area contributed by atoms with Crippen LogP contribution in [0.3, 0.4) is 0 Å². The minimum atomic E-state index is -0.636. The van der Waals surface area contributed by atoms with Crippen molar-refractivity contribution in [3.63, 3.8) is 0 Å². The summed E-state index contributed by atoms with van der Waals surface area (Å²) in [5.74, 6) is 0.836. The van der Waals surface area contributed by atoms with E-state index in [1.807, 2.05) is 39.8 Å². The number of nitriles is 2. The Bertz CT molecular complexity index is 1450. The normalized spacial score (nSPS) is 11.1. The summed E-state index contributed by atoms with van der Waals surface area (Å²) in [7, 11) is 0. The summed E-state index contributed by atoms with van der Waals surface area (Å²) < 4.78 is 6.20. The summed E-state index contributed by atoms with van der Waals surface area (Å²) >= 11 is 0.